The Labute approximate surface area is 119 Å². The first kappa shape index (κ1) is 16.9. The van der Waals surface area contributed by atoms with Gasteiger partial charge in [-0.25, -0.2) is 0 Å². The molecule has 0 unspecified atom stereocenters. The van der Waals surface area contributed by atoms with E-state index in [0.29, 0.717) is 19.3 Å². The van der Waals surface area contributed by atoms with Gasteiger partial charge in [-0.2, -0.15) is 0 Å². The second kappa shape index (κ2) is 8.93. The minimum Gasteiger partial charge on any atom is -0.382 e. The van der Waals surface area contributed by atoms with Gasteiger partial charge in [0.1, 0.15) is 0 Å². The molecule has 0 saturated heterocycles. The predicted octanol–water partition coefficient (Wildman–Crippen LogP) is 3.38. The zero-order valence-corrected chi connectivity index (χ0v) is 13.3. The van der Waals surface area contributed by atoms with Gasteiger partial charge in [0.15, 0.2) is 0 Å². The Morgan fingerprint density at radius 2 is 1.89 bits per heavy atom. The van der Waals surface area contributed by atoms with Gasteiger partial charge < -0.3 is 14.8 Å². The van der Waals surface area contributed by atoms with Gasteiger partial charge in [0.05, 0.1) is 18.8 Å². The van der Waals surface area contributed by atoms with Gasteiger partial charge in [0, 0.05) is 19.7 Å². The zero-order valence-electron chi connectivity index (χ0n) is 13.3. The molecular formula is C16H33NO2. The summed E-state index contributed by atoms with van der Waals surface area (Å²) in [7, 11) is 1.74. The molecule has 1 fully saturated rings. The number of hydrogen-bond donors (Lipinski definition) is 1. The molecule has 0 atom stereocenters. The molecule has 1 N–H and O–H groups in total. The molecule has 0 aromatic heterocycles. The predicted molar refractivity (Wildman–Crippen MR) is 80.6 cm³/mol. The Hall–Kier alpha value is -0.120. The van der Waals surface area contributed by atoms with Gasteiger partial charge in [0.2, 0.25) is 0 Å². The van der Waals surface area contributed by atoms with Crippen LogP contribution >= 0.6 is 0 Å². The quantitative estimate of drug-likeness (QED) is 0.652. The molecule has 1 saturated carbocycles. The highest BCUT2D eigenvalue weighted by Crippen LogP contribution is 2.36. The Morgan fingerprint density at radius 3 is 2.42 bits per heavy atom. The summed E-state index contributed by atoms with van der Waals surface area (Å²) in [5, 5.41) is 3.56. The van der Waals surface area contributed by atoms with E-state index in [0.717, 1.165) is 12.5 Å². The summed E-state index contributed by atoms with van der Waals surface area (Å²) in [5.41, 5.74) is 0.0487. The summed E-state index contributed by atoms with van der Waals surface area (Å²) >= 11 is 0. The monoisotopic (exact) mass is 271 g/mol. The van der Waals surface area contributed by atoms with Gasteiger partial charge in [0.25, 0.3) is 0 Å². The molecular weight excluding hydrogens is 238 g/mol. The Bertz CT molecular complexity index is 223. The van der Waals surface area contributed by atoms with Crippen molar-refractivity contribution in [2.45, 2.75) is 70.9 Å². The van der Waals surface area contributed by atoms with E-state index < -0.39 is 0 Å². The largest absolute Gasteiger partial charge is 0.382 e. The maximum Gasteiger partial charge on any atom is 0.0807 e. The lowest BCUT2D eigenvalue weighted by atomic mass is 9.77. The molecule has 3 nitrogen and oxygen atoms in total. The van der Waals surface area contributed by atoms with Crippen molar-refractivity contribution in [2.75, 3.05) is 26.9 Å². The van der Waals surface area contributed by atoms with Crippen LogP contribution < -0.4 is 5.32 Å². The van der Waals surface area contributed by atoms with Crippen molar-refractivity contribution in [3.8, 4) is 0 Å². The third kappa shape index (κ3) is 6.24. The van der Waals surface area contributed by atoms with Gasteiger partial charge in [-0.05, 0) is 31.6 Å². The van der Waals surface area contributed by atoms with Crippen LogP contribution in [0.25, 0.3) is 0 Å². The lowest BCUT2D eigenvalue weighted by molar-refractivity contribution is -0.0903. The zero-order chi connectivity index (χ0) is 14.1. The fraction of sp³-hybridized carbons (Fsp3) is 1.00. The van der Waals surface area contributed by atoms with Crippen molar-refractivity contribution >= 4 is 0 Å². The molecule has 3 heteroatoms. The van der Waals surface area contributed by atoms with Crippen molar-refractivity contribution in [3.63, 3.8) is 0 Å². The highest BCUT2D eigenvalue weighted by atomic mass is 16.5. The number of methoxy groups -OCH3 is 1. The second-order valence-electron chi connectivity index (χ2n) is 6.29. The summed E-state index contributed by atoms with van der Waals surface area (Å²) in [6.45, 7) is 9.08. The molecule has 19 heavy (non-hydrogen) atoms. The molecule has 0 aromatic carbocycles. The summed E-state index contributed by atoms with van der Waals surface area (Å²) in [6, 6.07) is 0.524. The third-order valence-electron chi connectivity index (χ3n) is 4.24. The van der Waals surface area contributed by atoms with Gasteiger partial charge in [-0.15, -0.1) is 0 Å². The first-order valence-electron chi connectivity index (χ1n) is 7.98. The van der Waals surface area contributed by atoms with Crippen LogP contribution in [0.3, 0.4) is 0 Å². The fourth-order valence-electron chi connectivity index (χ4n) is 3.00. The summed E-state index contributed by atoms with van der Waals surface area (Å²) in [6.07, 6.45) is 7.72. The summed E-state index contributed by atoms with van der Waals surface area (Å²) in [5.74, 6) is 0.920. The lowest BCUT2D eigenvalue weighted by Crippen LogP contribution is -2.48. The average molecular weight is 271 g/mol. The molecule has 1 aliphatic rings. The van der Waals surface area contributed by atoms with Crippen molar-refractivity contribution in [3.05, 3.63) is 0 Å². The van der Waals surface area contributed by atoms with E-state index in [1.54, 1.807) is 7.11 Å². The second-order valence-corrected chi connectivity index (χ2v) is 6.29. The Kier molecular flexibility index (Phi) is 7.96. The highest BCUT2D eigenvalue weighted by Gasteiger charge is 2.35. The molecule has 0 spiro atoms. The van der Waals surface area contributed by atoms with Crippen LogP contribution in [-0.4, -0.2) is 38.5 Å². The Balaban J connectivity index is 2.46. The van der Waals surface area contributed by atoms with Crippen molar-refractivity contribution in [1.82, 2.24) is 5.32 Å². The SMILES string of the molecule is CCCC1CCC(CNC(C)C)(OCCOC)CC1. The number of nitrogens with one attached hydrogen (secondary N) is 1. The van der Waals surface area contributed by atoms with E-state index >= 15 is 0 Å². The molecule has 1 aliphatic carbocycles. The fourth-order valence-corrected chi connectivity index (χ4v) is 3.00. The van der Waals surface area contributed by atoms with Gasteiger partial charge in [-0.3, -0.25) is 0 Å². The van der Waals surface area contributed by atoms with E-state index in [1.807, 2.05) is 0 Å². The first-order valence-corrected chi connectivity index (χ1v) is 7.98. The van der Waals surface area contributed by atoms with Crippen LogP contribution in [0.15, 0.2) is 0 Å². The minimum atomic E-state index is 0.0487. The summed E-state index contributed by atoms with van der Waals surface area (Å²) < 4.78 is 11.3. The standard InChI is InChI=1S/C16H33NO2/c1-5-6-15-7-9-16(10-8-15,13-17-14(2)3)19-12-11-18-4/h14-15,17H,5-13H2,1-4H3. The topological polar surface area (TPSA) is 30.5 Å². The normalized spacial score (nSPS) is 27.9. The van der Waals surface area contributed by atoms with Crippen LogP contribution in [0, 0.1) is 5.92 Å². The van der Waals surface area contributed by atoms with Crippen LogP contribution in [0.2, 0.25) is 0 Å². The molecule has 1 rings (SSSR count). The van der Waals surface area contributed by atoms with Gasteiger partial charge in [-0.1, -0.05) is 33.6 Å². The van der Waals surface area contributed by atoms with Crippen LogP contribution in [0.4, 0.5) is 0 Å². The number of ether oxygens (including phenoxy) is 2. The third-order valence-corrected chi connectivity index (χ3v) is 4.24. The maximum atomic E-state index is 6.20. The van der Waals surface area contributed by atoms with E-state index in [9.17, 15) is 0 Å². The van der Waals surface area contributed by atoms with Crippen LogP contribution in [0.1, 0.15) is 59.3 Å². The number of rotatable bonds is 9. The van der Waals surface area contributed by atoms with Crippen LogP contribution in [-0.2, 0) is 9.47 Å². The highest BCUT2D eigenvalue weighted by molar-refractivity contribution is 4.89. The first-order chi connectivity index (χ1) is 9.12. The maximum absolute atomic E-state index is 6.20. The van der Waals surface area contributed by atoms with E-state index in [-0.39, 0.29) is 5.60 Å². The van der Waals surface area contributed by atoms with E-state index in [4.69, 9.17) is 9.47 Å². The average Bonchev–Trinajstić information content (AvgIpc) is 2.40. The van der Waals surface area contributed by atoms with Crippen LogP contribution in [0.5, 0.6) is 0 Å². The summed E-state index contributed by atoms with van der Waals surface area (Å²) in [4.78, 5) is 0. The molecule has 0 amide bonds. The molecule has 0 radical (unpaired) electrons. The minimum absolute atomic E-state index is 0.0487. The molecule has 0 heterocycles. The number of hydrogen-bond acceptors (Lipinski definition) is 3. The Morgan fingerprint density at radius 1 is 1.21 bits per heavy atom. The molecule has 0 aromatic rings. The van der Waals surface area contributed by atoms with Crippen molar-refractivity contribution < 1.29 is 9.47 Å². The molecule has 0 bridgehead atoms. The van der Waals surface area contributed by atoms with Crippen molar-refractivity contribution in [2.24, 2.45) is 5.92 Å². The molecule has 114 valence electrons. The smallest absolute Gasteiger partial charge is 0.0807 e. The van der Waals surface area contributed by atoms with Crippen molar-refractivity contribution in [1.29, 1.82) is 0 Å². The van der Waals surface area contributed by atoms with E-state index in [1.165, 1.54) is 38.5 Å². The molecule has 0 aliphatic heterocycles. The van der Waals surface area contributed by atoms with Gasteiger partial charge >= 0.3 is 0 Å². The lowest BCUT2D eigenvalue weighted by Gasteiger charge is -2.41. The van der Waals surface area contributed by atoms with E-state index in [2.05, 4.69) is 26.1 Å².